The average Bonchev–Trinajstić information content (AvgIpc) is 2.65. The van der Waals surface area contributed by atoms with Crippen LogP contribution in [0.15, 0.2) is 54.6 Å². The average molecular weight is 342 g/mol. The maximum atomic E-state index is 12.3. The van der Waals surface area contributed by atoms with Gasteiger partial charge >= 0.3 is 6.03 Å². The number of urea groups is 1. The first-order valence-electron chi connectivity index (χ1n) is 8.55. The number of hydrogen-bond donors (Lipinski definition) is 3. The molecule has 0 aliphatic rings. The van der Waals surface area contributed by atoms with Crippen molar-refractivity contribution in [3.8, 4) is 5.75 Å². The van der Waals surface area contributed by atoms with Crippen molar-refractivity contribution in [2.24, 2.45) is 0 Å². The second kappa shape index (κ2) is 9.69. The Labute approximate surface area is 149 Å². The number of ether oxygens (including phenoxy) is 1. The zero-order valence-corrected chi connectivity index (χ0v) is 14.7. The molecule has 2 atom stereocenters. The largest absolute Gasteiger partial charge is 0.497 e. The minimum absolute atomic E-state index is 0.240. The molecule has 0 bridgehead atoms. The summed E-state index contributed by atoms with van der Waals surface area (Å²) >= 11 is 0. The maximum Gasteiger partial charge on any atom is 0.315 e. The molecule has 2 rings (SSSR count). The van der Waals surface area contributed by atoms with Gasteiger partial charge in [0, 0.05) is 6.54 Å². The Hall–Kier alpha value is -2.53. The summed E-state index contributed by atoms with van der Waals surface area (Å²) in [6.45, 7) is 2.24. The molecule has 0 saturated carbocycles. The number of amides is 2. The summed E-state index contributed by atoms with van der Waals surface area (Å²) in [5, 5.41) is 15.5. The quantitative estimate of drug-likeness (QED) is 0.690. The van der Waals surface area contributed by atoms with Crippen LogP contribution in [0.2, 0.25) is 0 Å². The normalized spacial score (nSPS) is 12.9. The number of carbonyl (C=O) groups is 1. The van der Waals surface area contributed by atoms with Gasteiger partial charge < -0.3 is 20.5 Å². The van der Waals surface area contributed by atoms with Gasteiger partial charge in [-0.15, -0.1) is 0 Å². The fraction of sp³-hybridized carbons (Fsp3) is 0.350. The Morgan fingerprint density at radius 1 is 1.08 bits per heavy atom. The van der Waals surface area contributed by atoms with E-state index in [1.807, 2.05) is 61.5 Å². The van der Waals surface area contributed by atoms with E-state index in [4.69, 9.17) is 4.74 Å². The lowest BCUT2D eigenvalue weighted by Gasteiger charge is -2.21. The van der Waals surface area contributed by atoms with Gasteiger partial charge in [0.15, 0.2) is 0 Å². The lowest BCUT2D eigenvalue weighted by atomic mass is 9.99. The van der Waals surface area contributed by atoms with E-state index in [1.54, 1.807) is 7.11 Å². The van der Waals surface area contributed by atoms with Crippen LogP contribution < -0.4 is 15.4 Å². The summed E-state index contributed by atoms with van der Waals surface area (Å²) in [6.07, 6.45) is 1.02. The van der Waals surface area contributed by atoms with Crippen LogP contribution in [0.1, 0.15) is 36.9 Å². The van der Waals surface area contributed by atoms with Gasteiger partial charge in [0.25, 0.3) is 0 Å². The minimum Gasteiger partial charge on any atom is -0.497 e. The summed E-state index contributed by atoms with van der Waals surface area (Å²) in [5.41, 5.74) is 1.94. The van der Waals surface area contributed by atoms with Crippen LogP contribution in [0.4, 0.5) is 4.79 Å². The summed E-state index contributed by atoms with van der Waals surface area (Å²) in [6, 6.07) is 16.8. The molecule has 2 aromatic rings. The Balaban J connectivity index is 2.11. The lowest BCUT2D eigenvalue weighted by Crippen LogP contribution is -2.41. The maximum absolute atomic E-state index is 12.3. The molecule has 0 aromatic heterocycles. The Morgan fingerprint density at radius 3 is 2.32 bits per heavy atom. The van der Waals surface area contributed by atoms with Gasteiger partial charge in [-0.2, -0.15) is 0 Å². The molecule has 0 fully saturated rings. The van der Waals surface area contributed by atoms with E-state index in [2.05, 4.69) is 10.6 Å². The zero-order chi connectivity index (χ0) is 18.1. The van der Waals surface area contributed by atoms with Gasteiger partial charge in [-0.3, -0.25) is 0 Å². The monoisotopic (exact) mass is 342 g/mol. The summed E-state index contributed by atoms with van der Waals surface area (Å²) in [4.78, 5) is 12.3. The highest BCUT2D eigenvalue weighted by molar-refractivity contribution is 5.75. The summed E-state index contributed by atoms with van der Waals surface area (Å²) < 4.78 is 5.20. The van der Waals surface area contributed by atoms with Crippen molar-refractivity contribution in [2.45, 2.75) is 31.9 Å². The molecule has 2 unspecified atom stereocenters. The molecule has 2 amide bonds. The first kappa shape index (κ1) is 18.8. The Kier molecular flexibility index (Phi) is 7.29. The van der Waals surface area contributed by atoms with Crippen molar-refractivity contribution >= 4 is 6.03 Å². The molecule has 0 radical (unpaired) electrons. The van der Waals surface area contributed by atoms with E-state index < -0.39 is 6.10 Å². The number of benzene rings is 2. The van der Waals surface area contributed by atoms with Crippen molar-refractivity contribution in [1.29, 1.82) is 0 Å². The van der Waals surface area contributed by atoms with Crippen LogP contribution in [0, 0.1) is 0 Å². The van der Waals surface area contributed by atoms with Crippen molar-refractivity contribution < 1.29 is 14.6 Å². The molecule has 0 aliphatic carbocycles. The van der Waals surface area contributed by atoms with Gasteiger partial charge in [0.05, 0.1) is 19.3 Å². The smallest absolute Gasteiger partial charge is 0.315 e. The molecular formula is C20H26N2O3. The SMILES string of the molecule is CCCC(O)CNC(=O)NC(c1ccccc1)c1ccc(OC)cc1. The number of methoxy groups -OCH3 is 1. The van der Waals surface area contributed by atoms with Crippen molar-refractivity contribution in [3.63, 3.8) is 0 Å². The number of carbonyl (C=O) groups excluding carboxylic acids is 1. The Bertz CT molecular complexity index is 644. The van der Waals surface area contributed by atoms with Crippen LogP contribution in [0.25, 0.3) is 0 Å². The minimum atomic E-state index is -0.521. The van der Waals surface area contributed by atoms with E-state index in [0.717, 1.165) is 23.3 Å². The molecule has 0 spiro atoms. The zero-order valence-electron chi connectivity index (χ0n) is 14.7. The summed E-state index contributed by atoms with van der Waals surface area (Å²) in [7, 11) is 1.62. The van der Waals surface area contributed by atoms with E-state index in [9.17, 15) is 9.90 Å². The highest BCUT2D eigenvalue weighted by Crippen LogP contribution is 2.24. The molecule has 3 N–H and O–H groups in total. The third-order valence-corrected chi connectivity index (χ3v) is 3.98. The van der Waals surface area contributed by atoms with Gasteiger partial charge in [0.2, 0.25) is 0 Å². The Morgan fingerprint density at radius 2 is 1.72 bits per heavy atom. The molecule has 0 saturated heterocycles. The third-order valence-electron chi connectivity index (χ3n) is 3.98. The van der Waals surface area contributed by atoms with Crippen molar-refractivity contribution in [3.05, 3.63) is 65.7 Å². The molecule has 2 aromatic carbocycles. The van der Waals surface area contributed by atoms with Crippen LogP contribution in [0.5, 0.6) is 5.75 Å². The first-order chi connectivity index (χ1) is 12.1. The second-order valence-corrected chi connectivity index (χ2v) is 5.91. The molecule has 0 heterocycles. The lowest BCUT2D eigenvalue weighted by molar-refractivity contribution is 0.160. The second-order valence-electron chi connectivity index (χ2n) is 5.91. The molecule has 0 aliphatic heterocycles. The van der Waals surface area contributed by atoms with Crippen LogP contribution in [0.3, 0.4) is 0 Å². The first-order valence-corrected chi connectivity index (χ1v) is 8.55. The molecule has 134 valence electrons. The molecular weight excluding hydrogens is 316 g/mol. The number of aliphatic hydroxyl groups excluding tert-OH is 1. The number of nitrogens with one attached hydrogen (secondary N) is 2. The molecule has 5 nitrogen and oxygen atoms in total. The van der Waals surface area contributed by atoms with Gasteiger partial charge in [-0.05, 0) is 29.7 Å². The van der Waals surface area contributed by atoms with E-state index >= 15 is 0 Å². The fourth-order valence-electron chi connectivity index (χ4n) is 2.63. The van der Waals surface area contributed by atoms with E-state index in [0.29, 0.717) is 6.42 Å². The van der Waals surface area contributed by atoms with E-state index in [-0.39, 0.29) is 18.6 Å². The topological polar surface area (TPSA) is 70.6 Å². The standard InChI is InChI=1S/C20H26N2O3/c1-3-7-17(23)14-21-20(24)22-19(15-8-5-4-6-9-15)16-10-12-18(25-2)13-11-16/h4-6,8-13,17,19,23H,3,7,14H2,1-2H3,(H2,21,22,24). The summed E-state index contributed by atoms with van der Waals surface area (Å²) in [5.74, 6) is 0.766. The predicted octanol–water partition coefficient (Wildman–Crippen LogP) is 3.24. The van der Waals surface area contributed by atoms with Gasteiger partial charge in [-0.1, -0.05) is 55.8 Å². The predicted molar refractivity (Wildman–Crippen MR) is 98.7 cm³/mol. The third kappa shape index (κ3) is 5.80. The van der Waals surface area contributed by atoms with Crippen molar-refractivity contribution in [2.75, 3.05) is 13.7 Å². The van der Waals surface area contributed by atoms with Gasteiger partial charge in [0.1, 0.15) is 5.75 Å². The number of aliphatic hydroxyl groups is 1. The van der Waals surface area contributed by atoms with Crippen LogP contribution in [-0.2, 0) is 0 Å². The van der Waals surface area contributed by atoms with Crippen molar-refractivity contribution in [1.82, 2.24) is 10.6 Å². The van der Waals surface area contributed by atoms with Gasteiger partial charge in [-0.25, -0.2) is 4.79 Å². The van der Waals surface area contributed by atoms with Crippen LogP contribution in [-0.4, -0.2) is 30.9 Å². The van der Waals surface area contributed by atoms with E-state index in [1.165, 1.54) is 0 Å². The molecule has 25 heavy (non-hydrogen) atoms. The highest BCUT2D eigenvalue weighted by Gasteiger charge is 2.17. The number of hydrogen-bond acceptors (Lipinski definition) is 3. The van der Waals surface area contributed by atoms with Crippen LogP contribution >= 0.6 is 0 Å². The highest BCUT2D eigenvalue weighted by atomic mass is 16.5. The fourth-order valence-corrected chi connectivity index (χ4v) is 2.63. The number of rotatable bonds is 8. The molecule has 5 heteroatoms.